The van der Waals surface area contributed by atoms with Crippen LogP contribution in [0, 0.1) is 11.3 Å². The molecule has 0 saturated heterocycles. The molecule has 1 heterocycles. The molecule has 0 aliphatic rings. The molecule has 2 aromatic carbocycles. The molecule has 3 aromatic rings. The minimum Gasteiger partial charge on any atom is -0.357 e. The number of rotatable bonds is 3. The topological polar surface area (TPSA) is 48.7 Å². The summed E-state index contributed by atoms with van der Waals surface area (Å²) in [6, 6.07) is 15.8. The van der Waals surface area contributed by atoms with E-state index in [-0.39, 0.29) is 0 Å². The summed E-state index contributed by atoms with van der Waals surface area (Å²) in [5, 5.41) is 13.1. The fraction of sp³-hybridized carbons (Fsp3) is 0.0667. The van der Waals surface area contributed by atoms with Crippen LogP contribution in [0.5, 0.6) is 0 Å². The average Bonchev–Trinajstić information content (AvgIpc) is 2.87. The maximum absolute atomic E-state index is 8.88. The Morgan fingerprint density at radius 2 is 2.15 bits per heavy atom. The number of nitrogens with one attached hydrogen (secondary N) is 1. The van der Waals surface area contributed by atoms with Gasteiger partial charge in [0, 0.05) is 11.0 Å². The van der Waals surface area contributed by atoms with E-state index in [0.717, 1.165) is 25.4 Å². The van der Waals surface area contributed by atoms with Gasteiger partial charge in [-0.2, -0.15) is 5.26 Å². The van der Waals surface area contributed by atoms with Crippen molar-refractivity contribution in [2.75, 3.05) is 5.32 Å². The Bertz CT molecular complexity index is 804. The van der Waals surface area contributed by atoms with Gasteiger partial charge < -0.3 is 5.32 Å². The van der Waals surface area contributed by atoms with Crippen molar-refractivity contribution < 1.29 is 0 Å². The van der Waals surface area contributed by atoms with Crippen molar-refractivity contribution >= 4 is 42.6 Å². The SMILES string of the molecule is N#Cc1cccc(CNc2nc3cc(Br)ccc3s2)c1. The van der Waals surface area contributed by atoms with Crippen LogP contribution in [-0.4, -0.2) is 4.98 Å². The Kier molecular flexibility index (Phi) is 3.68. The molecule has 0 fully saturated rings. The maximum atomic E-state index is 8.88. The fourth-order valence-corrected chi connectivity index (χ4v) is 3.10. The first-order valence-corrected chi connectivity index (χ1v) is 7.64. The number of nitriles is 1. The lowest BCUT2D eigenvalue weighted by Crippen LogP contribution is -1.98. The number of halogens is 1. The van der Waals surface area contributed by atoms with Crippen LogP contribution in [0.25, 0.3) is 10.2 Å². The Hall–Kier alpha value is -1.90. The molecule has 20 heavy (non-hydrogen) atoms. The predicted molar refractivity (Wildman–Crippen MR) is 85.8 cm³/mol. The summed E-state index contributed by atoms with van der Waals surface area (Å²) in [6.07, 6.45) is 0. The highest BCUT2D eigenvalue weighted by Gasteiger charge is 2.04. The quantitative estimate of drug-likeness (QED) is 0.759. The zero-order valence-electron chi connectivity index (χ0n) is 10.4. The highest BCUT2D eigenvalue weighted by Crippen LogP contribution is 2.28. The van der Waals surface area contributed by atoms with Crippen molar-refractivity contribution in [1.29, 1.82) is 5.26 Å². The van der Waals surface area contributed by atoms with E-state index >= 15 is 0 Å². The van der Waals surface area contributed by atoms with E-state index in [2.05, 4.69) is 38.4 Å². The summed E-state index contributed by atoms with van der Waals surface area (Å²) in [5.74, 6) is 0. The standard InChI is InChI=1S/C15H10BrN3S/c16-12-4-5-14-13(7-12)19-15(20-14)18-9-11-3-1-2-10(6-11)8-17/h1-7H,9H2,(H,18,19). The Labute approximate surface area is 129 Å². The van der Waals surface area contributed by atoms with Crippen LogP contribution in [0.1, 0.15) is 11.1 Å². The summed E-state index contributed by atoms with van der Waals surface area (Å²) < 4.78 is 2.19. The molecule has 0 bridgehead atoms. The molecule has 0 atom stereocenters. The fourth-order valence-electron chi connectivity index (χ4n) is 1.90. The van der Waals surface area contributed by atoms with Crippen LogP contribution < -0.4 is 5.32 Å². The summed E-state index contributed by atoms with van der Waals surface area (Å²) >= 11 is 5.07. The molecule has 0 radical (unpaired) electrons. The van der Waals surface area contributed by atoms with Gasteiger partial charge in [0.05, 0.1) is 21.8 Å². The maximum Gasteiger partial charge on any atom is 0.184 e. The smallest absolute Gasteiger partial charge is 0.184 e. The third kappa shape index (κ3) is 2.82. The second kappa shape index (κ2) is 5.61. The molecule has 3 rings (SSSR count). The number of benzene rings is 2. The van der Waals surface area contributed by atoms with Gasteiger partial charge in [-0.05, 0) is 35.9 Å². The van der Waals surface area contributed by atoms with E-state index in [1.807, 2.05) is 30.3 Å². The Morgan fingerprint density at radius 3 is 3.00 bits per heavy atom. The van der Waals surface area contributed by atoms with Crippen molar-refractivity contribution in [2.24, 2.45) is 0 Å². The number of hydrogen-bond acceptors (Lipinski definition) is 4. The number of nitrogens with zero attached hydrogens (tertiary/aromatic N) is 2. The molecule has 1 aromatic heterocycles. The van der Waals surface area contributed by atoms with Crippen molar-refractivity contribution in [3.8, 4) is 6.07 Å². The first kappa shape index (κ1) is 13.1. The van der Waals surface area contributed by atoms with E-state index in [4.69, 9.17) is 5.26 Å². The lowest BCUT2D eigenvalue weighted by molar-refractivity contribution is 1.14. The van der Waals surface area contributed by atoms with Crippen LogP contribution in [0.2, 0.25) is 0 Å². The number of aromatic nitrogens is 1. The van der Waals surface area contributed by atoms with Crippen molar-refractivity contribution in [1.82, 2.24) is 4.98 Å². The van der Waals surface area contributed by atoms with E-state index < -0.39 is 0 Å². The van der Waals surface area contributed by atoms with E-state index in [9.17, 15) is 0 Å². The highest BCUT2D eigenvalue weighted by atomic mass is 79.9. The second-order valence-corrected chi connectivity index (χ2v) is 6.24. The summed E-state index contributed by atoms with van der Waals surface area (Å²) in [5.41, 5.74) is 2.74. The van der Waals surface area contributed by atoms with E-state index in [1.165, 1.54) is 0 Å². The molecule has 1 N–H and O–H groups in total. The van der Waals surface area contributed by atoms with Gasteiger partial charge in [-0.15, -0.1) is 0 Å². The van der Waals surface area contributed by atoms with Gasteiger partial charge in [-0.1, -0.05) is 39.4 Å². The van der Waals surface area contributed by atoms with E-state index in [1.54, 1.807) is 17.4 Å². The van der Waals surface area contributed by atoms with Gasteiger partial charge in [-0.25, -0.2) is 4.98 Å². The number of fused-ring (bicyclic) bond motifs is 1. The number of anilines is 1. The molecule has 5 heteroatoms. The van der Waals surface area contributed by atoms with Gasteiger partial charge in [-0.3, -0.25) is 0 Å². The van der Waals surface area contributed by atoms with Crippen molar-refractivity contribution in [3.63, 3.8) is 0 Å². The molecular weight excluding hydrogens is 334 g/mol. The summed E-state index contributed by atoms with van der Waals surface area (Å²) in [4.78, 5) is 4.54. The van der Waals surface area contributed by atoms with Gasteiger partial charge >= 0.3 is 0 Å². The third-order valence-corrected chi connectivity index (χ3v) is 4.34. The van der Waals surface area contributed by atoms with E-state index in [0.29, 0.717) is 12.1 Å². The first-order valence-electron chi connectivity index (χ1n) is 6.03. The predicted octanol–water partition coefficient (Wildman–Crippen LogP) is 4.54. The highest BCUT2D eigenvalue weighted by molar-refractivity contribution is 9.10. The van der Waals surface area contributed by atoms with Crippen molar-refractivity contribution in [3.05, 3.63) is 58.1 Å². The first-order chi connectivity index (χ1) is 9.74. The minimum atomic E-state index is 0.663. The van der Waals surface area contributed by atoms with Crippen LogP contribution in [0.3, 0.4) is 0 Å². The zero-order chi connectivity index (χ0) is 13.9. The lowest BCUT2D eigenvalue weighted by Gasteiger charge is -2.02. The molecule has 98 valence electrons. The summed E-state index contributed by atoms with van der Waals surface area (Å²) in [7, 11) is 0. The molecule has 0 spiro atoms. The molecule has 0 unspecified atom stereocenters. The number of hydrogen-bond donors (Lipinski definition) is 1. The molecule has 3 nitrogen and oxygen atoms in total. The van der Waals surface area contributed by atoms with Crippen LogP contribution in [0.15, 0.2) is 46.9 Å². The van der Waals surface area contributed by atoms with Crippen LogP contribution >= 0.6 is 27.3 Å². The van der Waals surface area contributed by atoms with Gasteiger partial charge in [0.15, 0.2) is 5.13 Å². The Morgan fingerprint density at radius 1 is 1.25 bits per heavy atom. The minimum absolute atomic E-state index is 0.663. The molecule has 0 aliphatic carbocycles. The zero-order valence-corrected chi connectivity index (χ0v) is 12.8. The van der Waals surface area contributed by atoms with Gasteiger partial charge in [0.1, 0.15) is 0 Å². The molecular formula is C15H10BrN3S. The largest absolute Gasteiger partial charge is 0.357 e. The lowest BCUT2D eigenvalue weighted by atomic mass is 10.1. The second-order valence-electron chi connectivity index (χ2n) is 4.30. The third-order valence-electron chi connectivity index (χ3n) is 2.85. The number of thiazole rings is 1. The molecule has 0 amide bonds. The van der Waals surface area contributed by atoms with Gasteiger partial charge in [0.25, 0.3) is 0 Å². The van der Waals surface area contributed by atoms with Crippen molar-refractivity contribution in [2.45, 2.75) is 6.54 Å². The summed E-state index contributed by atoms with van der Waals surface area (Å²) in [6.45, 7) is 0.663. The van der Waals surface area contributed by atoms with Gasteiger partial charge in [0.2, 0.25) is 0 Å². The average molecular weight is 344 g/mol. The Balaban J connectivity index is 1.78. The molecule has 0 aliphatic heterocycles. The molecule has 0 saturated carbocycles. The van der Waals surface area contributed by atoms with Crippen LogP contribution in [-0.2, 0) is 6.54 Å². The monoisotopic (exact) mass is 343 g/mol. The van der Waals surface area contributed by atoms with Crippen LogP contribution in [0.4, 0.5) is 5.13 Å². The normalized spacial score (nSPS) is 10.4.